The third kappa shape index (κ3) is 3.89. The number of benzene rings is 1. The highest BCUT2D eigenvalue weighted by Gasteiger charge is 2.32. The van der Waals surface area contributed by atoms with Gasteiger partial charge in [0.25, 0.3) is 0 Å². The summed E-state index contributed by atoms with van der Waals surface area (Å²) in [5.74, 6) is 0.171. The van der Waals surface area contributed by atoms with Crippen LogP contribution in [0.4, 0.5) is 18.9 Å². The summed E-state index contributed by atoms with van der Waals surface area (Å²) in [6.45, 7) is 0.546. The van der Waals surface area contributed by atoms with E-state index in [1.165, 1.54) is 18.2 Å². The van der Waals surface area contributed by atoms with E-state index in [-0.39, 0.29) is 28.5 Å². The molecule has 1 aromatic rings. The Labute approximate surface area is 121 Å². The second kappa shape index (κ2) is 5.75. The number of nitrogens with zero attached hydrogens (tertiary/aromatic N) is 1. The second-order valence-electron chi connectivity index (χ2n) is 4.27. The van der Waals surface area contributed by atoms with Crippen molar-refractivity contribution in [3.63, 3.8) is 0 Å². The highest BCUT2D eigenvalue weighted by Crippen LogP contribution is 2.38. The third-order valence-corrected chi connectivity index (χ3v) is 4.42. The zero-order valence-electron chi connectivity index (χ0n) is 9.78. The lowest BCUT2D eigenvalue weighted by Crippen LogP contribution is -2.24. The number of hydrogen-bond acceptors (Lipinski definition) is 2. The van der Waals surface area contributed by atoms with Crippen LogP contribution in [-0.2, 0) is 4.79 Å². The average molecular weight is 354 g/mol. The van der Waals surface area contributed by atoms with E-state index in [1.807, 2.05) is 0 Å². The number of alkyl halides is 4. The summed E-state index contributed by atoms with van der Waals surface area (Å²) in [5, 5.41) is 0.715. The molecule has 1 atom stereocenters. The van der Waals surface area contributed by atoms with Crippen molar-refractivity contribution in [2.24, 2.45) is 5.92 Å². The van der Waals surface area contributed by atoms with Crippen molar-refractivity contribution >= 4 is 39.3 Å². The van der Waals surface area contributed by atoms with Crippen molar-refractivity contribution in [3.05, 3.63) is 24.3 Å². The van der Waals surface area contributed by atoms with Crippen LogP contribution in [0.15, 0.2) is 29.2 Å². The molecule has 104 valence electrons. The quantitative estimate of drug-likeness (QED) is 0.603. The van der Waals surface area contributed by atoms with Crippen molar-refractivity contribution in [1.29, 1.82) is 0 Å². The molecule has 1 aromatic carbocycles. The maximum atomic E-state index is 12.3. The standard InChI is InChI=1S/C12H11BrF3NOS/c13-6-8-4-11(18)17(7-8)9-2-1-3-10(5-9)19-12(14,15)16/h1-3,5,8H,4,6-7H2. The minimum absolute atomic E-state index is 0.0430. The van der Waals surface area contributed by atoms with Crippen LogP contribution in [0.5, 0.6) is 0 Å². The molecule has 2 nitrogen and oxygen atoms in total. The Morgan fingerprint density at radius 2 is 2.16 bits per heavy atom. The number of amides is 1. The first-order chi connectivity index (χ1) is 8.89. The second-order valence-corrected chi connectivity index (χ2v) is 6.06. The highest BCUT2D eigenvalue weighted by atomic mass is 79.9. The summed E-state index contributed by atoms with van der Waals surface area (Å²) < 4.78 is 37.0. The van der Waals surface area contributed by atoms with Gasteiger partial charge in [0, 0.05) is 28.9 Å². The minimum Gasteiger partial charge on any atom is -0.312 e. The van der Waals surface area contributed by atoms with Gasteiger partial charge < -0.3 is 4.90 Å². The molecule has 1 aliphatic rings. The van der Waals surface area contributed by atoms with Crippen molar-refractivity contribution < 1.29 is 18.0 Å². The van der Waals surface area contributed by atoms with Crippen LogP contribution in [0.1, 0.15) is 6.42 Å². The Hall–Kier alpha value is -0.690. The van der Waals surface area contributed by atoms with Crippen LogP contribution in [0.25, 0.3) is 0 Å². The van der Waals surface area contributed by atoms with Gasteiger partial charge in [-0.25, -0.2) is 0 Å². The fraction of sp³-hybridized carbons (Fsp3) is 0.417. The van der Waals surface area contributed by atoms with E-state index < -0.39 is 5.51 Å². The summed E-state index contributed by atoms with van der Waals surface area (Å²) in [5.41, 5.74) is -3.78. The monoisotopic (exact) mass is 353 g/mol. The predicted molar refractivity (Wildman–Crippen MR) is 72.6 cm³/mol. The van der Waals surface area contributed by atoms with Crippen molar-refractivity contribution in [2.45, 2.75) is 16.8 Å². The Morgan fingerprint density at radius 3 is 2.74 bits per heavy atom. The van der Waals surface area contributed by atoms with Gasteiger partial charge in [-0.1, -0.05) is 22.0 Å². The van der Waals surface area contributed by atoms with Crippen LogP contribution >= 0.6 is 27.7 Å². The molecule has 1 saturated heterocycles. The Balaban J connectivity index is 2.17. The van der Waals surface area contributed by atoms with Gasteiger partial charge in [0.15, 0.2) is 0 Å². The topological polar surface area (TPSA) is 20.3 Å². The molecule has 7 heteroatoms. The maximum Gasteiger partial charge on any atom is 0.446 e. The van der Waals surface area contributed by atoms with Gasteiger partial charge in [0.05, 0.1) is 0 Å². The molecule has 0 spiro atoms. The number of hydrogen-bond donors (Lipinski definition) is 0. The molecule has 1 fully saturated rings. The normalized spacial score (nSPS) is 20.1. The van der Waals surface area contributed by atoms with Gasteiger partial charge in [-0.2, -0.15) is 13.2 Å². The van der Waals surface area contributed by atoms with E-state index in [9.17, 15) is 18.0 Å². The van der Waals surface area contributed by atoms with Crippen molar-refractivity contribution in [3.8, 4) is 0 Å². The largest absolute Gasteiger partial charge is 0.446 e. The zero-order chi connectivity index (χ0) is 14.0. The van der Waals surface area contributed by atoms with Gasteiger partial charge in [-0.3, -0.25) is 4.79 Å². The van der Waals surface area contributed by atoms with Crippen LogP contribution in [0.3, 0.4) is 0 Å². The number of rotatable bonds is 3. The molecular formula is C12H11BrF3NOS. The van der Waals surface area contributed by atoms with E-state index in [2.05, 4.69) is 15.9 Å². The molecule has 0 bridgehead atoms. The molecule has 1 unspecified atom stereocenters. The molecule has 1 aliphatic heterocycles. The SMILES string of the molecule is O=C1CC(CBr)CN1c1cccc(SC(F)(F)F)c1. The fourth-order valence-corrected chi connectivity index (χ4v) is 3.01. The lowest BCUT2D eigenvalue weighted by Gasteiger charge is -2.17. The van der Waals surface area contributed by atoms with Gasteiger partial charge in [0.2, 0.25) is 5.91 Å². The summed E-state index contributed by atoms with van der Waals surface area (Å²) in [6, 6.07) is 6.00. The molecular weight excluding hydrogens is 343 g/mol. The molecule has 0 aromatic heterocycles. The Morgan fingerprint density at radius 1 is 1.42 bits per heavy atom. The Bertz CT molecular complexity index is 480. The summed E-state index contributed by atoms with van der Waals surface area (Å²) >= 11 is 3.16. The average Bonchev–Trinajstić information content (AvgIpc) is 2.69. The van der Waals surface area contributed by atoms with Gasteiger partial charge in [0.1, 0.15) is 0 Å². The van der Waals surface area contributed by atoms with Gasteiger partial charge >= 0.3 is 5.51 Å². The molecule has 1 heterocycles. The highest BCUT2D eigenvalue weighted by molar-refractivity contribution is 9.09. The number of carbonyl (C=O) groups is 1. The predicted octanol–water partition coefficient (Wildman–Crippen LogP) is 4.05. The summed E-state index contributed by atoms with van der Waals surface area (Å²) in [7, 11) is 0. The van der Waals surface area contributed by atoms with Gasteiger partial charge in [-0.05, 0) is 35.9 Å². The maximum absolute atomic E-state index is 12.3. The van der Waals surface area contributed by atoms with Crippen molar-refractivity contribution in [1.82, 2.24) is 0 Å². The lowest BCUT2D eigenvalue weighted by molar-refractivity contribution is -0.117. The first kappa shape index (κ1) is 14.7. The minimum atomic E-state index is -4.31. The lowest BCUT2D eigenvalue weighted by atomic mass is 10.2. The number of thioether (sulfide) groups is 1. The van der Waals surface area contributed by atoms with Crippen LogP contribution in [0.2, 0.25) is 0 Å². The van der Waals surface area contributed by atoms with E-state index in [1.54, 1.807) is 11.0 Å². The van der Waals surface area contributed by atoms with E-state index in [0.29, 0.717) is 24.0 Å². The molecule has 19 heavy (non-hydrogen) atoms. The molecule has 0 aliphatic carbocycles. The molecule has 0 N–H and O–H groups in total. The number of halogens is 4. The molecule has 1 amide bonds. The zero-order valence-corrected chi connectivity index (χ0v) is 12.2. The Kier molecular flexibility index (Phi) is 4.45. The van der Waals surface area contributed by atoms with E-state index in [0.717, 1.165) is 0 Å². The number of carbonyl (C=O) groups excluding carboxylic acids is 1. The van der Waals surface area contributed by atoms with Crippen LogP contribution in [0, 0.1) is 5.92 Å². The molecule has 0 radical (unpaired) electrons. The fourth-order valence-electron chi connectivity index (χ4n) is 1.98. The van der Waals surface area contributed by atoms with Crippen LogP contribution in [-0.4, -0.2) is 23.3 Å². The smallest absolute Gasteiger partial charge is 0.312 e. The summed E-state index contributed by atoms with van der Waals surface area (Å²) in [4.78, 5) is 13.5. The molecule has 0 saturated carbocycles. The summed E-state index contributed by atoms with van der Waals surface area (Å²) in [6.07, 6.45) is 0.432. The van der Waals surface area contributed by atoms with Crippen molar-refractivity contribution in [2.75, 3.05) is 16.8 Å². The van der Waals surface area contributed by atoms with Gasteiger partial charge in [-0.15, -0.1) is 0 Å². The van der Waals surface area contributed by atoms with E-state index in [4.69, 9.17) is 0 Å². The first-order valence-corrected chi connectivity index (χ1v) is 7.55. The van der Waals surface area contributed by atoms with Crippen LogP contribution < -0.4 is 4.90 Å². The van der Waals surface area contributed by atoms with E-state index >= 15 is 0 Å². The third-order valence-electron chi connectivity index (χ3n) is 2.79. The molecule has 2 rings (SSSR count). The number of anilines is 1. The first-order valence-electron chi connectivity index (χ1n) is 5.61.